The Labute approximate surface area is 156 Å². The molecule has 1 amide bonds. The number of hydrogen-bond acceptors (Lipinski definition) is 5. The molecular formula is C18H29N3O4S. The number of hydrogen-bond donors (Lipinski definition) is 1. The van der Waals surface area contributed by atoms with Crippen molar-refractivity contribution in [1.29, 1.82) is 0 Å². The van der Waals surface area contributed by atoms with Crippen LogP contribution in [0.15, 0.2) is 24.3 Å². The molecule has 1 aromatic carbocycles. The molecule has 1 aliphatic rings. The van der Waals surface area contributed by atoms with Gasteiger partial charge in [0.2, 0.25) is 15.9 Å². The number of anilines is 1. The molecule has 0 saturated carbocycles. The van der Waals surface area contributed by atoms with Gasteiger partial charge in [-0.05, 0) is 30.7 Å². The third-order valence-electron chi connectivity index (χ3n) is 4.47. The molecular weight excluding hydrogens is 354 g/mol. The zero-order chi connectivity index (χ0) is 19.2. The van der Waals surface area contributed by atoms with Crippen LogP contribution in [0.25, 0.3) is 0 Å². The van der Waals surface area contributed by atoms with Gasteiger partial charge in [0.25, 0.3) is 0 Å². The molecule has 1 fully saturated rings. The second kappa shape index (κ2) is 9.23. The molecule has 0 aliphatic carbocycles. The molecule has 0 radical (unpaired) electrons. The molecule has 146 valence electrons. The molecule has 0 atom stereocenters. The van der Waals surface area contributed by atoms with Crippen molar-refractivity contribution in [2.24, 2.45) is 5.92 Å². The van der Waals surface area contributed by atoms with Crippen molar-refractivity contribution in [1.82, 2.24) is 9.62 Å². The van der Waals surface area contributed by atoms with Crippen LogP contribution in [0.3, 0.4) is 0 Å². The lowest BCUT2D eigenvalue weighted by Crippen LogP contribution is -2.49. The Hall–Kier alpha value is -1.80. The molecule has 1 saturated heterocycles. The van der Waals surface area contributed by atoms with Gasteiger partial charge in [0, 0.05) is 44.3 Å². The summed E-state index contributed by atoms with van der Waals surface area (Å²) in [6.45, 7) is 6.30. The zero-order valence-electron chi connectivity index (χ0n) is 15.8. The van der Waals surface area contributed by atoms with E-state index in [-0.39, 0.29) is 17.6 Å². The fourth-order valence-electron chi connectivity index (χ4n) is 2.82. The van der Waals surface area contributed by atoms with Crippen molar-refractivity contribution in [2.75, 3.05) is 50.5 Å². The number of carbonyl (C=O) groups is 1. The Bertz CT molecular complexity index is 681. The van der Waals surface area contributed by atoms with Gasteiger partial charge < -0.3 is 15.0 Å². The molecule has 7 nitrogen and oxygen atoms in total. The van der Waals surface area contributed by atoms with Crippen LogP contribution in [0, 0.1) is 5.92 Å². The quantitative estimate of drug-likeness (QED) is 0.685. The van der Waals surface area contributed by atoms with Gasteiger partial charge in [0.1, 0.15) is 5.75 Å². The van der Waals surface area contributed by atoms with Gasteiger partial charge in [0.05, 0.1) is 12.9 Å². The molecule has 0 bridgehead atoms. The lowest BCUT2D eigenvalue weighted by atomic mass is 10.2. The number of ether oxygens (including phenoxy) is 1. The Morgan fingerprint density at radius 1 is 1.15 bits per heavy atom. The molecule has 8 heteroatoms. The van der Waals surface area contributed by atoms with Crippen molar-refractivity contribution in [3.63, 3.8) is 0 Å². The summed E-state index contributed by atoms with van der Waals surface area (Å²) in [4.78, 5) is 13.7. The van der Waals surface area contributed by atoms with Crippen LogP contribution < -0.4 is 15.0 Å². The monoisotopic (exact) mass is 383 g/mol. The van der Waals surface area contributed by atoms with E-state index < -0.39 is 10.0 Å². The predicted octanol–water partition coefficient (Wildman–Crippen LogP) is 1.31. The van der Waals surface area contributed by atoms with Gasteiger partial charge in [-0.3, -0.25) is 4.79 Å². The first-order valence-corrected chi connectivity index (χ1v) is 10.6. The average molecular weight is 384 g/mol. The molecule has 0 spiro atoms. The maximum Gasteiger partial charge on any atom is 0.222 e. The fraction of sp³-hybridized carbons (Fsp3) is 0.611. The predicted molar refractivity (Wildman–Crippen MR) is 103 cm³/mol. The van der Waals surface area contributed by atoms with Crippen molar-refractivity contribution in [3.8, 4) is 5.75 Å². The number of amides is 1. The highest BCUT2D eigenvalue weighted by Gasteiger charge is 2.26. The fourth-order valence-corrected chi connectivity index (χ4v) is 4.30. The number of nitrogens with one attached hydrogen (secondary N) is 1. The zero-order valence-corrected chi connectivity index (χ0v) is 16.6. The van der Waals surface area contributed by atoms with E-state index in [1.807, 2.05) is 38.1 Å². The number of piperazine rings is 1. The Balaban J connectivity index is 1.79. The topological polar surface area (TPSA) is 79.0 Å². The Morgan fingerprint density at radius 2 is 1.77 bits per heavy atom. The summed E-state index contributed by atoms with van der Waals surface area (Å²) >= 11 is 0. The first-order chi connectivity index (χ1) is 12.3. The summed E-state index contributed by atoms with van der Waals surface area (Å²) in [6.07, 6.45) is 0.430. The van der Waals surface area contributed by atoms with Crippen molar-refractivity contribution < 1.29 is 17.9 Å². The number of benzene rings is 1. The van der Waals surface area contributed by atoms with Crippen LogP contribution >= 0.6 is 0 Å². The second-order valence-corrected chi connectivity index (χ2v) is 8.79. The van der Waals surface area contributed by atoms with Crippen molar-refractivity contribution >= 4 is 21.6 Å². The van der Waals surface area contributed by atoms with Crippen LogP contribution in [0.2, 0.25) is 0 Å². The minimum atomic E-state index is -3.28. The molecule has 2 rings (SSSR count). The van der Waals surface area contributed by atoms with E-state index in [1.54, 1.807) is 11.4 Å². The first kappa shape index (κ1) is 20.5. The standard InChI is InChI=1S/C18H29N3O4S/c1-15(2)18(22)19-9-4-14-26(23,24)21-12-10-20(11-13-21)16-5-7-17(25-3)8-6-16/h5-8,15H,4,9-14H2,1-3H3,(H,19,22). The van der Waals surface area contributed by atoms with Crippen LogP contribution in [0.1, 0.15) is 20.3 Å². The number of sulfonamides is 1. The largest absolute Gasteiger partial charge is 0.497 e. The van der Waals surface area contributed by atoms with E-state index in [4.69, 9.17) is 4.74 Å². The minimum Gasteiger partial charge on any atom is -0.497 e. The average Bonchev–Trinajstić information content (AvgIpc) is 2.65. The number of methoxy groups -OCH3 is 1. The number of carbonyl (C=O) groups excluding carboxylic acids is 1. The SMILES string of the molecule is COc1ccc(N2CCN(S(=O)(=O)CCCNC(=O)C(C)C)CC2)cc1. The first-order valence-electron chi connectivity index (χ1n) is 8.98. The molecule has 1 heterocycles. The lowest BCUT2D eigenvalue weighted by Gasteiger charge is -2.35. The summed E-state index contributed by atoms with van der Waals surface area (Å²) in [5, 5.41) is 2.76. The summed E-state index contributed by atoms with van der Waals surface area (Å²) < 4.78 is 31.7. The third kappa shape index (κ3) is 5.60. The summed E-state index contributed by atoms with van der Waals surface area (Å²) in [5.74, 6) is 0.737. The van der Waals surface area contributed by atoms with Gasteiger partial charge in [-0.1, -0.05) is 13.8 Å². The van der Waals surface area contributed by atoms with Gasteiger partial charge in [-0.25, -0.2) is 8.42 Å². The summed E-state index contributed by atoms with van der Waals surface area (Å²) in [7, 11) is -1.65. The van der Waals surface area contributed by atoms with Crippen LogP contribution in [0.4, 0.5) is 5.69 Å². The lowest BCUT2D eigenvalue weighted by molar-refractivity contribution is -0.123. The van der Waals surface area contributed by atoms with Crippen LogP contribution in [0.5, 0.6) is 5.75 Å². The van der Waals surface area contributed by atoms with E-state index in [2.05, 4.69) is 10.2 Å². The van der Waals surface area contributed by atoms with E-state index in [0.29, 0.717) is 39.1 Å². The van der Waals surface area contributed by atoms with Crippen molar-refractivity contribution in [2.45, 2.75) is 20.3 Å². The molecule has 1 aliphatic heterocycles. The van der Waals surface area contributed by atoms with Crippen LogP contribution in [-0.4, -0.2) is 64.2 Å². The molecule has 26 heavy (non-hydrogen) atoms. The van der Waals surface area contributed by atoms with E-state index in [0.717, 1.165) is 11.4 Å². The van der Waals surface area contributed by atoms with E-state index in [1.165, 1.54) is 0 Å². The molecule has 1 N–H and O–H groups in total. The highest BCUT2D eigenvalue weighted by atomic mass is 32.2. The van der Waals surface area contributed by atoms with Gasteiger partial charge in [-0.15, -0.1) is 0 Å². The highest BCUT2D eigenvalue weighted by Crippen LogP contribution is 2.21. The van der Waals surface area contributed by atoms with E-state index in [9.17, 15) is 13.2 Å². The second-order valence-electron chi connectivity index (χ2n) is 6.70. The van der Waals surface area contributed by atoms with Crippen LogP contribution in [-0.2, 0) is 14.8 Å². The molecule has 1 aromatic rings. The van der Waals surface area contributed by atoms with Gasteiger partial charge in [0.15, 0.2) is 0 Å². The summed E-state index contributed by atoms with van der Waals surface area (Å²) in [6, 6.07) is 7.79. The smallest absolute Gasteiger partial charge is 0.222 e. The molecule has 0 aromatic heterocycles. The minimum absolute atomic E-state index is 0.0458. The van der Waals surface area contributed by atoms with Gasteiger partial charge in [-0.2, -0.15) is 4.31 Å². The Morgan fingerprint density at radius 3 is 2.31 bits per heavy atom. The van der Waals surface area contributed by atoms with Gasteiger partial charge >= 0.3 is 0 Å². The normalized spacial score (nSPS) is 15.9. The Kier molecular flexibility index (Phi) is 7.28. The summed E-state index contributed by atoms with van der Waals surface area (Å²) in [5.41, 5.74) is 1.07. The highest BCUT2D eigenvalue weighted by molar-refractivity contribution is 7.89. The maximum absolute atomic E-state index is 12.5. The molecule has 0 unspecified atom stereocenters. The van der Waals surface area contributed by atoms with Crippen molar-refractivity contribution in [3.05, 3.63) is 24.3 Å². The van der Waals surface area contributed by atoms with E-state index >= 15 is 0 Å². The maximum atomic E-state index is 12.5. The number of rotatable bonds is 8. The number of nitrogens with zero attached hydrogens (tertiary/aromatic N) is 2. The third-order valence-corrected chi connectivity index (χ3v) is 6.43.